The third-order valence-corrected chi connectivity index (χ3v) is 3.64. The van der Waals surface area contributed by atoms with Crippen LogP contribution in [0.5, 0.6) is 11.5 Å². The number of rotatable bonds is 8. The van der Waals surface area contributed by atoms with E-state index in [-0.39, 0.29) is 5.91 Å². The van der Waals surface area contributed by atoms with Crippen LogP contribution in [0.4, 0.5) is 10.1 Å². The van der Waals surface area contributed by atoms with Crippen LogP contribution in [-0.4, -0.2) is 33.4 Å². The number of nitrogens with one attached hydrogen (secondary N) is 1. The minimum absolute atomic E-state index is 0.294. The molecule has 0 bridgehead atoms. The smallest absolute Gasteiger partial charge is 0.265 e. The molecule has 2 aromatic carbocycles. The SMILES string of the molecule is CC(Oc1cccc(F)c1)C(=O)Nc1cccc(OCCn2cncn2)c1. The monoisotopic (exact) mass is 370 g/mol. The fourth-order valence-corrected chi connectivity index (χ4v) is 2.31. The van der Waals surface area contributed by atoms with Gasteiger partial charge in [0.05, 0.1) is 6.54 Å². The Hall–Kier alpha value is -3.42. The van der Waals surface area contributed by atoms with E-state index < -0.39 is 11.9 Å². The molecule has 0 saturated carbocycles. The van der Waals surface area contributed by atoms with E-state index in [1.807, 2.05) is 0 Å². The quantitative estimate of drug-likeness (QED) is 0.660. The molecule has 0 saturated heterocycles. The van der Waals surface area contributed by atoms with Crippen LogP contribution in [0.25, 0.3) is 0 Å². The number of carbonyl (C=O) groups is 1. The molecular formula is C19H19FN4O3. The minimum Gasteiger partial charge on any atom is -0.492 e. The molecular weight excluding hydrogens is 351 g/mol. The number of anilines is 1. The van der Waals surface area contributed by atoms with Crippen LogP contribution < -0.4 is 14.8 Å². The normalized spacial score (nSPS) is 11.6. The summed E-state index contributed by atoms with van der Waals surface area (Å²) < 4.78 is 26.0. The molecule has 1 unspecified atom stereocenters. The summed E-state index contributed by atoms with van der Waals surface area (Å²) >= 11 is 0. The molecule has 0 aliphatic carbocycles. The molecule has 8 heteroatoms. The van der Waals surface area contributed by atoms with Gasteiger partial charge in [0.1, 0.15) is 36.6 Å². The Morgan fingerprint density at radius 1 is 1.22 bits per heavy atom. The largest absolute Gasteiger partial charge is 0.492 e. The number of ether oxygens (including phenoxy) is 2. The lowest BCUT2D eigenvalue weighted by Crippen LogP contribution is -2.30. The van der Waals surface area contributed by atoms with Crippen LogP contribution in [0.1, 0.15) is 6.92 Å². The maximum absolute atomic E-state index is 13.2. The first-order valence-corrected chi connectivity index (χ1v) is 8.38. The van der Waals surface area contributed by atoms with Crippen molar-refractivity contribution in [3.8, 4) is 11.5 Å². The van der Waals surface area contributed by atoms with Crippen molar-refractivity contribution in [2.45, 2.75) is 19.6 Å². The highest BCUT2D eigenvalue weighted by Crippen LogP contribution is 2.19. The Bertz CT molecular complexity index is 886. The fourth-order valence-electron chi connectivity index (χ4n) is 2.31. The van der Waals surface area contributed by atoms with Gasteiger partial charge in [0.2, 0.25) is 0 Å². The highest BCUT2D eigenvalue weighted by molar-refractivity contribution is 5.94. The lowest BCUT2D eigenvalue weighted by molar-refractivity contribution is -0.122. The summed E-state index contributed by atoms with van der Waals surface area (Å²) in [4.78, 5) is 16.2. The molecule has 1 amide bonds. The highest BCUT2D eigenvalue weighted by Gasteiger charge is 2.15. The van der Waals surface area contributed by atoms with E-state index in [0.717, 1.165) is 0 Å². The van der Waals surface area contributed by atoms with E-state index in [1.54, 1.807) is 48.3 Å². The van der Waals surface area contributed by atoms with Gasteiger partial charge in [-0.1, -0.05) is 12.1 Å². The minimum atomic E-state index is -0.788. The zero-order valence-corrected chi connectivity index (χ0v) is 14.7. The van der Waals surface area contributed by atoms with Crippen molar-refractivity contribution in [2.24, 2.45) is 0 Å². The Labute approximate surface area is 155 Å². The Morgan fingerprint density at radius 3 is 2.81 bits per heavy atom. The third-order valence-electron chi connectivity index (χ3n) is 3.64. The van der Waals surface area contributed by atoms with Gasteiger partial charge in [0.15, 0.2) is 6.10 Å². The third kappa shape index (κ3) is 5.53. The van der Waals surface area contributed by atoms with E-state index in [2.05, 4.69) is 15.4 Å². The Morgan fingerprint density at radius 2 is 2.04 bits per heavy atom. The molecule has 1 atom stereocenters. The van der Waals surface area contributed by atoms with Gasteiger partial charge in [-0.25, -0.2) is 14.1 Å². The van der Waals surface area contributed by atoms with Gasteiger partial charge in [-0.15, -0.1) is 0 Å². The Kier molecular flexibility index (Phi) is 5.98. The summed E-state index contributed by atoms with van der Waals surface area (Å²) in [5, 5.41) is 6.75. The van der Waals surface area contributed by atoms with E-state index in [9.17, 15) is 9.18 Å². The molecule has 0 aliphatic rings. The van der Waals surface area contributed by atoms with E-state index >= 15 is 0 Å². The molecule has 3 aromatic rings. The predicted octanol–water partition coefficient (Wildman–Crippen LogP) is 2.90. The number of carbonyl (C=O) groups excluding carboxylic acids is 1. The van der Waals surface area contributed by atoms with Crippen LogP contribution in [0, 0.1) is 5.82 Å². The predicted molar refractivity (Wildman–Crippen MR) is 97.1 cm³/mol. The van der Waals surface area contributed by atoms with E-state index in [0.29, 0.717) is 30.3 Å². The van der Waals surface area contributed by atoms with Gasteiger partial charge in [-0.05, 0) is 31.2 Å². The first-order chi connectivity index (χ1) is 13.1. The number of halogens is 1. The lowest BCUT2D eigenvalue weighted by Gasteiger charge is -2.15. The summed E-state index contributed by atoms with van der Waals surface area (Å²) in [6.45, 7) is 2.58. The van der Waals surface area contributed by atoms with Crippen molar-refractivity contribution in [1.82, 2.24) is 14.8 Å². The van der Waals surface area contributed by atoms with Crippen molar-refractivity contribution in [2.75, 3.05) is 11.9 Å². The standard InChI is InChI=1S/C19H19FN4O3/c1-14(27-18-7-2-4-15(20)10-18)19(25)23-16-5-3-6-17(11-16)26-9-8-24-13-21-12-22-24/h2-7,10-14H,8-9H2,1H3,(H,23,25). The molecule has 0 spiro atoms. The van der Waals surface area contributed by atoms with Gasteiger partial charge in [0.25, 0.3) is 5.91 Å². The number of nitrogens with zero attached hydrogens (tertiary/aromatic N) is 3. The van der Waals surface area contributed by atoms with E-state index in [1.165, 1.54) is 24.5 Å². The second kappa shape index (κ2) is 8.79. The second-order valence-electron chi connectivity index (χ2n) is 5.74. The molecule has 0 radical (unpaired) electrons. The summed E-state index contributed by atoms with van der Waals surface area (Å²) in [5.74, 6) is 0.143. The molecule has 7 nitrogen and oxygen atoms in total. The van der Waals surface area contributed by atoms with Crippen LogP contribution in [0.3, 0.4) is 0 Å². The number of hydrogen-bond donors (Lipinski definition) is 1. The summed E-state index contributed by atoms with van der Waals surface area (Å²) in [6.07, 6.45) is 2.28. The zero-order chi connectivity index (χ0) is 19.1. The van der Waals surface area contributed by atoms with Crippen molar-refractivity contribution in [3.05, 3.63) is 67.0 Å². The van der Waals surface area contributed by atoms with E-state index in [4.69, 9.17) is 9.47 Å². The average Bonchev–Trinajstić information content (AvgIpc) is 3.15. The maximum atomic E-state index is 13.2. The van der Waals surface area contributed by atoms with Crippen LogP contribution >= 0.6 is 0 Å². The first kappa shape index (κ1) is 18.4. The van der Waals surface area contributed by atoms with Gasteiger partial charge in [0, 0.05) is 17.8 Å². The molecule has 3 rings (SSSR count). The summed E-state index contributed by atoms with van der Waals surface area (Å²) in [6, 6.07) is 12.7. The molecule has 1 aromatic heterocycles. The molecule has 1 N–H and O–H groups in total. The first-order valence-electron chi connectivity index (χ1n) is 8.38. The highest BCUT2D eigenvalue weighted by atomic mass is 19.1. The number of benzene rings is 2. The summed E-state index contributed by atoms with van der Waals surface area (Å²) in [7, 11) is 0. The molecule has 27 heavy (non-hydrogen) atoms. The zero-order valence-electron chi connectivity index (χ0n) is 14.7. The fraction of sp³-hybridized carbons (Fsp3) is 0.211. The Balaban J connectivity index is 1.52. The molecule has 0 aliphatic heterocycles. The topological polar surface area (TPSA) is 78.3 Å². The van der Waals surface area contributed by atoms with Crippen molar-refractivity contribution in [1.29, 1.82) is 0 Å². The van der Waals surface area contributed by atoms with Crippen molar-refractivity contribution < 1.29 is 18.7 Å². The number of amides is 1. The molecule has 140 valence electrons. The van der Waals surface area contributed by atoms with Crippen molar-refractivity contribution >= 4 is 11.6 Å². The average molecular weight is 370 g/mol. The van der Waals surface area contributed by atoms with Crippen LogP contribution in [0.15, 0.2) is 61.2 Å². The maximum Gasteiger partial charge on any atom is 0.265 e. The number of hydrogen-bond acceptors (Lipinski definition) is 5. The lowest BCUT2D eigenvalue weighted by atomic mass is 10.2. The van der Waals surface area contributed by atoms with Gasteiger partial charge < -0.3 is 14.8 Å². The van der Waals surface area contributed by atoms with Gasteiger partial charge in [-0.2, -0.15) is 5.10 Å². The van der Waals surface area contributed by atoms with Crippen molar-refractivity contribution in [3.63, 3.8) is 0 Å². The number of aromatic nitrogens is 3. The second-order valence-corrected chi connectivity index (χ2v) is 5.74. The molecule has 0 fully saturated rings. The molecule has 1 heterocycles. The summed E-state index contributed by atoms with van der Waals surface area (Å²) in [5.41, 5.74) is 0.577. The van der Waals surface area contributed by atoms with Crippen LogP contribution in [0.2, 0.25) is 0 Å². The van der Waals surface area contributed by atoms with Gasteiger partial charge in [-0.3, -0.25) is 4.79 Å². The van der Waals surface area contributed by atoms with Crippen LogP contribution in [-0.2, 0) is 11.3 Å². The van der Waals surface area contributed by atoms with Gasteiger partial charge >= 0.3 is 0 Å².